The molecule has 2 rings (SSSR count). The minimum atomic E-state index is -3.55. The molecule has 1 saturated heterocycles. The van der Waals surface area contributed by atoms with E-state index in [1.807, 2.05) is 13.8 Å². The standard InChI is InChI=1S/C14H21ClN2O3S/c1-14(2,17-6-8-20-9-7-17)11-16-21(18,19)13-5-3-4-12(15)10-13/h3-5,10,16H,6-9,11H2,1-2H3. The third-order valence-electron chi connectivity index (χ3n) is 3.67. The second-order valence-corrected chi connectivity index (χ2v) is 7.90. The van der Waals surface area contributed by atoms with Gasteiger partial charge < -0.3 is 4.74 Å². The molecule has 0 saturated carbocycles. The van der Waals surface area contributed by atoms with Crippen LogP contribution in [0.3, 0.4) is 0 Å². The number of halogens is 1. The van der Waals surface area contributed by atoms with Gasteiger partial charge in [0.1, 0.15) is 0 Å². The quantitative estimate of drug-likeness (QED) is 0.892. The van der Waals surface area contributed by atoms with E-state index in [1.165, 1.54) is 12.1 Å². The van der Waals surface area contributed by atoms with Crippen molar-refractivity contribution in [2.75, 3.05) is 32.8 Å². The second kappa shape index (κ2) is 6.62. The van der Waals surface area contributed by atoms with Gasteiger partial charge in [-0.3, -0.25) is 4.90 Å². The Labute approximate surface area is 131 Å². The number of morpholine rings is 1. The van der Waals surface area contributed by atoms with Crippen molar-refractivity contribution in [3.63, 3.8) is 0 Å². The van der Waals surface area contributed by atoms with Crippen molar-refractivity contribution < 1.29 is 13.2 Å². The van der Waals surface area contributed by atoms with E-state index in [0.717, 1.165) is 13.1 Å². The van der Waals surface area contributed by atoms with Crippen LogP contribution in [0.2, 0.25) is 5.02 Å². The van der Waals surface area contributed by atoms with E-state index in [-0.39, 0.29) is 10.4 Å². The minimum absolute atomic E-state index is 0.188. The molecule has 0 unspecified atom stereocenters. The molecule has 118 valence electrons. The molecular weight excluding hydrogens is 312 g/mol. The van der Waals surface area contributed by atoms with Crippen LogP contribution in [-0.4, -0.2) is 51.7 Å². The number of hydrogen-bond donors (Lipinski definition) is 1. The fourth-order valence-corrected chi connectivity index (χ4v) is 3.77. The summed E-state index contributed by atoms with van der Waals surface area (Å²) >= 11 is 5.85. The second-order valence-electron chi connectivity index (χ2n) is 5.69. The topological polar surface area (TPSA) is 58.6 Å². The summed E-state index contributed by atoms with van der Waals surface area (Å²) in [6, 6.07) is 6.27. The molecule has 1 aliphatic heterocycles. The monoisotopic (exact) mass is 332 g/mol. The Morgan fingerprint density at radius 2 is 2.00 bits per heavy atom. The van der Waals surface area contributed by atoms with E-state index >= 15 is 0 Å². The van der Waals surface area contributed by atoms with Gasteiger partial charge >= 0.3 is 0 Å². The van der Waals surface area contributed by atoms with Gasteiger partial charge in [0.25, 0.3) is 0 Å². The maximum Gasteiger partial charge on any atom is 0.240 e. The first-order chi connectivity index (χ1) is 9.81. The Morgan fingerprint density at radius 1 is 1.33 bits per heavy atom. The lowest BCUT2D eigenvalue weighted by molar-refractivity contribution is -0.00803. The summed E-state index contributed by atoms with van der Waals surface area (Å²) in [5.74, 6) is 0. The zero-order valence-corrected chi connectivity index (χ0v) is 13.9. The van der Waals surface area contributed by atoms with Crippen molar-refractivity contribution in [3.8, 4) is 0 Å². The number of benzene rings is 1. The molecule has 1 aromatic carbocycles. The fraction of sp³-hybridized carbons (Fsp3) is 0.571. The minimum Gasteiger partial charge on any atom is -0.379 e. The Bertz CT molecular complexity index is 584. The number of rotatable bonds is 5. The van der Waals surface area contributed by atoms with E-state index in [0.29, 0.717) is 24.8 Å². The average Bonchev–Trinajstić information content (AvgIpc) is 2.46. The summed E-state index contributed by atoms with van der Waals surface area (Å²) < 4.78 is 32.6. The summed E-state index contributed by atoms with van der Waals surface area (Å²) in [4.78, 5) is 2.42. The number of sulfonamides is 1. The van der Waals surface area contributed by atoms with Crippen LogP contribution in [0.25, 0.3) is 0 Å². The molecule has 7 heteroatoms. The maximum atomic E-state index is 12.3. The van der Waals surface area contributed by atoms with Crippen molar-refractivity contribution in [2.45, 2.75) is 24.3 Å². The molecular formula is C14H21ClN2O3S. The van der Waals surface area contributed by atoms with Gasteiger partial charge in [-0.2, -0.15) is 0 Å². The molecule has 0 bridgehead atoms. The van der Waals surface area contributed by atoms with Gasteiger partial charge in [0.05, 0.1) is 18.1 Å². The number of hydrogen-bond acceptors (Lipinski definition) is 4. The molecule has 0 aromatic heterocycles. The van der Waals surface area contributed by atoms with Crippen molar-refractivity contribution in [1.29, 1.82) is 0 Å². The molecule has 1 aliphatic rings. The highest BCUT2D eigenvalue weighted by Gasteiger charge is 2.29. The Kier molecular flexibility index (Phi) is 5.27. The Morgan fingerprint density at radius 3 is 2.62 bits per heavy atom. The van der Waals surface area contributed by atoms with Crippen molar-refractivity contribution in [3.05, 3.63) is 29.3 Å². The summed E-state index contributed by atoms with van der Waals surface area (Å²) in [7, 11) is -3.55. The zero-order chi connectivity index (χ0) is 15.5. The van der Waals surface area contributed by atoms with Crippen LogP contribution >= 0.6 is 11.6 Å². The van der Waals surface area contributed by atoms with Crippen LogP contribution in [0.1, 0.15) is 13.8 Å². The molecule has 5 nitrogen and oxygen atoms in total. The van der Waals surface area contributed by atoms with E-state index in [1.54, 1.807) is 12.1 Å². The highest BCUT2D eigenvalue weighted by atomic mass is 35.5. The Hall–Kier alpha value is -0.660. The average molecular weight is 333 g/mol. The molecule has 0 radical (unpaired) electrons. The van der Waals surface area contributed by atoms with E-state index in [2.05, 4.69) is 9.62 Å². The maximum absolute atomic E-state index is 12.3. The van der Waals surface area contributed by atoms with Gasteiger partial charge in [-0.15, -0.1) is 0 Å². The van der Waals surface area contributed by atoms with Gasteiger partial charge in [-0.25, -0.2) is 13.1 Å². The molecule has 1 fully saturated rings. The van der Waals surface area contributed by atoms with Crippen LogP contribution in [0.5, 0.6) is 0 Å². The zero-order valence-electron chi connectivity index (χ0n) is 12.3. The molecule has 0 atom stereocenters. The smallest absolute Gasteiger partial charge is 0.240 e. The lowest BCUT2D eigenvalue weighted by atomic mass is 10.0. The van der Waals surface area contributed by atoms with Crippen LogP contribution in [-0.2, 0) is 14.8 Å². The lowest BCUT2D eigenvalue weighted by Gasteiger charge is -2.40. The number of ether oxygens (including phenoxy) is 1. The number of nitrogens with one attached hydrogen (secondary N) is 1. The van der Waals surface area contributed by atoms with Gasteiger partial charge in [0.2, 0.25) is 10.0 Å². The molecule has 0 amide bonds. The van der Waals surface area contributed by atoms with E-state index in [4.69, 9.17) is 16.3 Å². The van der Waals surface area contributed by atoms with Gasteiger partial charge in [-0.1, -0.05) is 17.7 Å². The van der Waals surface area contributed by atoms with Crippen molar-refractivity contribution in [1.82, 2.24) is 9.62 Å². The summed E-state index contributed by atoms with van der Waals surface area (Å²) in [5, 5.41) is 0.408. The predicted octanol–water partition coefficient (Wildman–Crippen LogP) is 1.73. The van der Waals surface area contributed by atoms with E-state index < -0.39 is 10.0 Å². The van der Waals surface area contributed by atoms with Crippen LogP contribution in [0, 0.1) is 0 Å². The first-order valence-corrected chi connectivity index (χ1v) is 8.75. The largest absolute Gasteiger partial charge is 0.379 e. The van der Waals surface area contributed by atoms with Gasteiger partial charge in [-0.05, 0) is 32.0 Å². The predicted molar refractivity (Wildman–Crippen MR) is 83.1 cm³/mol. The molecule has 0 aliphatic carbocycles. The molecule has 1 aromatic rings. The summed E-state index contributed by atoms with van der Waals surface area (Å²) in [5.41, 5.74) is -0.268. The number of nitrogens with zero attached hydrogens (tertiary/aromatic N) is 1. The normalized spacial score (nSPS) is 17.9. The van der Waals surface area contributed by atoms with Crippen LogP contribution < -0.4 is 4.72 Å². The van der Waals surface area contributed by atoms with Crippen molar-refractivity contribution >= 4 is 21.6 Å². The highest BCUT2D eigenvalue weighted by Crippen LogP contribution is 2.18. The summed E-state index contributed by atoms with van der Waals surface area (Å²) in [6.07, 6.45) is 0. The first kappa shape index (κ1) is 16.7. The molecule has 1 N–H and O–H groups in total. The fourth-order valence-electron chi connectivity index (χ4n) is 2.27. The first-order valence-electron chi connectivity index (χ1n) is 6.89. The van der Waals surface area contributed by atoms with Crippen LogP contribution in [0.4, 0.5) is 0 Å². The SMILES string of the molecule is CC(C)(CNS(=O)(=O)c1cccc(Cl)c1)N1CCOCC1. The van der Waals surface area contributed by atoms with Gasteiger partial charge in [0, 0.05) is 30.2 Å². The van der Waals surface area contributed by atoms with E-state index in [9.17, 15) is 8.42 Å². The van der Waals surface area contributed by atoms with Gasteiger partial charge in [0.15, 0.2) is 0 Å². The molecule has 1 heterocycles. The highest BCUT2D eigenvalue weighted by molar-refractivity contribution is 7.89. The third kappa shape index (κ3) is 4.40. The molecule has 0 spiro atoms. The Balaban J connectivity index is 2.03. The van der Waals surface area contributed by atoms with Crippen molar-refractivity contribution in [2.24, 2.45) is 0 Å². The third-order valence-corrected chi connectivity index (χ3v) is 5.30. The molecule has 21 heavy (non-hydrogen) atoms. The van der Waals surface area contributed by atoms with Crippen LogP contribution in [0.15, 0.2) is 29.2 Å². The lowest BCUT2D eigenvalue weighted by Crippen LogP contribution is -2.55. The summed E-state index contributed by atoms with van der Waals surface area (Å²) in [6.45, 7) is 7.38.